The Hall–Kier alpha value is -2.21. The summed E-state index contributed by atoms with van der Waals surface area (Å²) in [5.74, 6) is -0.251. The summed E-state index contributed by atoms with van der Waals surface area (Å²) in [5, 5.41) is 20.2. The Morgan fingerprint density at radius 3 is 2.74 bits per heavy atom. The minimum absolute atomic E-state index is 0.0457. The van der Waals surface area contributed by atoms with Crippen LogP contribution >= 0.6 is 0 Å². The lowest BCUT2D eigenvalue weighted by Gasteiger charge is -2.31. The van der Waals surface area contributed by atoms with Crippen LogP contribution < -0.4 is 5.32 Å². The van der Waals surface area contributed by atoms with Gasteiger partial charge in [0.25, 0.3) is 5.91 Å². The van der Waals surface area contributed by atoms with Crippen LogP contribution in [0.1, 0.15) is 23.3 Å². The van der Waals surface area contributed by atoms with Gasteiger partial charge in [-0.2, -0.15) is 9.90 Å². The highest BCUT2D eigenvalue weighted by Crippen LogP contribution is 2.19. The zero-order chi connectivity index (χ0) is 13.2. The van der Waals surface area contributed by atoms with Crippen LogP contribution in [-0.2, 0) is 0 Å². The molecule has 2 aromatic rings. The van der Waals surface area contributed by atoms with Crippen molar-refractivity contribution in [2.75, 3.05) is 0 Å². The smallest absolute Gasteiger partial charge is 0.273 e. The number of nitrogens with zero attached hydrogens (tertiary/aromatic N) is 3. The van der Waals surface area contributed by atoms with E-state index in [0.717, 1.165) is 5.69 Å². The maximum Gasteiger partial charge on any atom is 0.273 e. The zero-order valence-corrected chi connectivity index (χ0v) is 10.2. The number of aliphatic hydroxyl groups excluding tert-OH is 1. The van der Waals surface area contributed by atoms with Gasteiger partial charge < -0.3 is 10.4 Å². The Morgan fingerprint density at radius 2 is 2.05 bits per heavy atom. The van der Waals surface area contributed by atoms with Crippen molar-refractivity contribution in [2.24, 2.45) is 0 Å². The molecule has 0 unspecified atom stereocenters. The van der Waals surface area contributed by atoms with Gasteiger partial charge in [0.2, 0.25) is 0 Å². The maximum atomic E-state index is 11.9. The first-order chi connectivity index (χ1) is 9.22. The number of carbonyl (C=O) groups excluding carboxylic acids is 1. The van der Waals surface area contributed by atoms with Crippen LogP contribution in [0.15, 0.2) is 36.5 Å². The van der Waals surface area contributed by atoms with Gasteiger partial charge in [-0.15, -0.1) is 5.10 Å². The van der Waals surface area contributed by atoms with Crippen LogP contribution in [0.2, 0.25) is 0 Å². The fourth-order valence-corrected chi connectivity index (χ4v) is 2.02. The molecule has 6 heteroatoms. The molecule has 6 nitrogen and oxygen atoms in total. The summed E-state index contributed by atoms with van der Waals surface area (Å²) in [7, 11) is 0. The summed E-state index contributed by atoms with van der Waals surface area (Å²) in [5.41, 5.74) is 1.09. The second kappa shape index (κ2) is 4.81. The van der Waals surface area contributed by atoms with E-state index >= 15 is 0 Å². The molecule has 0 aliphatic heterocycles. The van der Waals surface area contributed by atoms with Gasteiger partial charge in [0.15, 0.2) is 5.69 Å². The number of aromatic nitrogens is 3. The van der Waals surface area contributed by atoms with Crippen molar-refractivity contribution in [3.63, 3.8) is 0 Å². The second-order valence-electron chi connectivity index (χ2n) is 4.65. The van der Waals surface area contributed by atoms with E-state index in [1.165, 1.54) is 11.0 Å². The number of hydrogen-bond donors (Lipinski definition) is 2. The molecule has 1 fully saturated rings. The highest BCUT2D eigenvalue weighted by atomic mass is 16.3. The fourth-order valence-electron chi connectivity index (χ4n) is 2.02. The largest absolute Gasteiger partial charge is 0.393 e. The summed E-state index contributed by atoms with van der Waals surface area (Å²) in [6.45, 7) is 0. The molecule has 1 aromatic heterocycles. The molecule has 0 saturated heterocycles. The third-order valence-electron chi connectivity index (χ3n) is 3.16. The number of amides is 1. The van der Waals surface area contributed by atoms with E-state index in [1.807, 2.05) is 30.3 Å². The van der Waals surface area contributed by atoms with Crippen LogP contribution in [-0.4, -0.2) is 38.2 Å². The molecule has 2 N–H and O–H groups in total. The van der Waals surface area contributed by atoms with Gasteiger partial charge in [0.05, 0.1) is 18.0 Å². The topological polar surface area (TPSA) is 80.0 Å². The molecule has 1 aromatic carbocycles. The second-order valence-corrected chi connectivity index (χ2v) is 4.65. The van der Waals surface area contributed by atoms with Crippen molar-refractivity contribution in [1.29, 1.82) is 0 Å². The highest BCUT2D eigenvalue weighted by molar-refractivity contribution is 5.92. The Morgan fingerprint density at radius 1 is 1.32 bits per heavy atom. The first kappa shape index (κ1) is 11.9. The van der Waals surface area contributed by atoms with Crippen molar-refractivity contribution in [1.82, 2.24) is 20.3 Å². The lowest BCUT2D eigenvalue weighted by atomic mass is 9.89. The van der Waals surface area contributed by atoms with E-state index in [2.05, 4.69) is 15.5 Å². The van der Waals surface area contributed by atoms with Crippen molar-refractivity contribution < 1.29 is 9.90 Å². The Balaban J connectivity index is 1.69. The molecule has 19 heavy (non-hydrogen) atoms. The predicted molar refractivity (Wildman–Crippen MR) is 67.9 cm³/mol. The zero-order valence-electron chi connectivity index (χ0n) is 10.2. The van der Waals surface area contributed by atoms with E-state index in [9.17, 15) is 9.90 Å². The summed E-state index contributed by atoms with van der Waals surface area (Å²) >= 11 is 0. The van der Waals surface area contributed by atoms with E-state index in [0.29, 0.717) is 12.8 Å². The van der Waals surface area contributed by atoms with Crippen molar-refractivity contribution in [3.8, 4) is 5.69 Å². The van der Waals surface area contributed by atoms with Crippen molar-refractivity contribution in [2.45, 2.75) is 25.0 Å². The SMILES string of the molecule is O=C(NC1CC(O)C1)c1cnn(-c2ccccc2)n1. The van der Waals surface area contributed by atoms with E-state index < -0.39 is 0 Å². The summed E-state index contributed by atoms with van der Waals surface area (Å²) in [4.78, 5) is 13.3. The number of rotatable bonds is 3. The van der Waals surface area contributed by atoms with E-state index in [1.54, 1.807) is 0 Å². The Kier molecular flexibility index (Phi) is 3.00. The quantitative estimate of drug-likeness (QED) is 0.841. The highest BCUT2D eigenvalue weighted by Gasteiger charge is 2.29. The molecule has 1 heterocycles. The predicted octanol–water partition coefficient (Wildman–Crippen LogP) is 0.520. The third-order valence-corrected chi connectivity index (χ3v) is 3.16. The molecule has 0 bridgehead atoms. The molecule has 0 radical (unpaired) electrons. The normalized spacial score (nSPS) is 21.7. The molecule has 0 atom stereocenters. The van der Waals surface area contributed by atoms with Gasteiger partial charge >= 0.3 is 0 Å². The average molecular weight is 258 g/mol. The number of aliphatic hydroxyl groups is 1. The lowest BCUT2D eigenvalue weighted by Crippen LogP contribution is -2.46. The Bertz CT molecular complexity index is 575. The van der Waals surface area contributed by atoms with Crippen molar-refractivity contribution in [3.05, 3.63) is 42.2 Å². The van der Waals surface area contributed by atoms with Gasteiger partial charge in [-0.3, -0.25) is 4.79 Å². The van der Waals surface area contributed by atoms with Crippen LogP contribution in [0, 0.1) is 0 Å². The summed E-state index contributed by atoms with van der Waals surface area (Å²) in [6, 6.07) is 9.45. The molecule has 1 amide bonds. The molecule has 1 saturated carbocycles. The summed E-state index contributed by atoms with van der Waals surface area (Å²) < 4.78 is 0. The molecule has 1 aliphatic carbocycles. The van der Waals surface area contributed by atoms with Gasteiger partial charge in [-0.1, -0.05) is 18.2 Å². The number of para-hydroxylation sites is 1. The fraction of sp³-hybridized carbons (Fsp3) is 0.308. The van der Waals surface area contributed by atoms with E-state index in [-0.39, 0.29) is 23.7 Å². The molecule has 0 spiro atoms. The molecule has 3 rings (SSSR count). The maximum absolute atomic E-state index is 11.9. The average Bonchev–Trinajstić information content (AvgIpc) is 2.87. The first-order valence-electron chi connectivity index (χ1n) is 6.19. The molecular formula is C13H14N4O2. The Labute approximate surface area is 110 Å². The molecule has 1 aliphatic rings. The monoisotopic (exact) mass is 258 g/mol. The molecular weight excluding hydrogens is 244 g/mol. The first-order valence-corrected chi connectivity index (χ1v) is 6.19. The number of carbonyl (C=O) groups is 1. The van der Waals surface area contributed by atoms with E-state index in [4.69, 9.17) is 0 Å². The number of benzene rings is 1. The third kappa shape index (κ3) is 2.48. The van der Waals surface area contributed by atoms with Crippen LogP contribution in [0.5, 0.6) is 0 Å². The van der Waals surface area contributed by atoms with Crippen molar-refractivity contribution >= 4 is 5.91 Å². The van der Waals surface area contributed by atoms with Crippen LogP contribution in [0.4, 0.5) is 0 Å². The van der Waals surface area contributed by atoms with Gasteiger partial charge in [-0.05, 0) is 25.0 Å². The van der Waals surface area contributed by atoms with Crippen LogP contribution in [0.3, 0.4) is 0 Å². The van der Waals surface area contributed by atoms with Crippen LogP contribution in [0.25, 0.3) is 5.69 Å². The van der Waals surface area contributed by atoms with Gasteiger partial charge in [0, 0.05) is 6.04 Å². The number of nitrogens with one attached hydrogen (secondary N) is 1. The van der Waals surface area contributed by atoms with Gasteiger partial charge in [-0.25, -0.2) is 0 Å². The standard InChI is InChI=1S/C13H14N4O2/c18-11-6-9(7-11)15-13(19)12-8-14-17(16-12)10-4-2-1-3-5-10/h1-5,8-9,11,18H,6-7H2,(H,15,19). The lowest BCUT2D eigenvalue weighted by molar-refractivity contribution is 0.0560. The minimum atomic E-state index is -0.287. The number of hydrogen-bond acceptors (Lipinski definition) is 4. The minimum Gasteiger partial charge on any atom is -0.393 e. The summed E-state index contributed by atoms with van der Waals surface area (Å²) in [6.07, 6.45) is 2.37. The molecule has 98 valence electrons. The van der Waals surface area contributed by atoms with Gasteiger partial charge in [0.1, 0.15) is 0 Å².